The Balaban J connectivity index is 2.73. The summed E-state index contributed by atoms with van der Waals surface area (Å²) in [5, 5.41) is -0.780. The molecular weight excluding hydrogens is 340 g/mol. The van der Waals surface area contributed by atoms with Crippen LogP contribution in [0.15, 0.2) is 35.3 Å². The van der Waals surface area contributed by atoms with Gasteiger partial charge in [0.05, 0.1) is 19.3 Å². The Hall–Kier alpha value is -1.53. The van der Waals surface area contributed by atoms with Crippen molar-refractivity contribution in [3.05, 3.63) is 35.9 Å². The first-order valence-electron chi connectivity index (χ1n) is 7.71. The number of carbonyl (C=O) groups is 1. The van der Waals surface area contributed by atoms with E-state index in [1.807, 2.05) is 6.07 Å². The van der Waals surface area contributed by atoms with E-state index >= 15 is 0 Å². The van der Waals surface area contributed by atoms with Crippen LogP contribution in [-0.2, 0) is 14.3 Å². The van der Waals surface area contributed by atoms with Gasteiger partial charge in [-0.15, -0.1) is 0 Å². The predicted octanol–water partition coefficient (Wildman–Crippen LogP) is 4.38. The summed E-state index contributed by atoms with van der Waals surface area (Å²) in [6, 6.07) is 8.34. The number of hydrogen-bond donors (Lipinski definition) is 0. The van der Waals surface area contributed by atoms with Crippen LogP contribution in [0, 0.1) is 0 Å². The number of methoxy groups -OCH3 is 1. The summed E-state index contributed by atoms with van der Waals surface area (Å²) in [6.07, 6.45) is -0.672. The van der Waals surface area contributed by atoms with Crippen molar-refractivity contribution in [2.75, 3.05) is 20.3 Å². The molecular formula is C17H22ClF2NO3. The number of carbonyl (C=O) groups excluding carboxylic acids is 1. The molecule has 0 bridgehead atoms. The predicted molar refractivity (Wildman–Crippen MR) is 89.8 cm³/mol. The number of benzene rings is 1. The molecule has 1 aromatic carbocycles. The molecule has 0 aliphatic rings. The van der Waals surface area contributed by atoms with E-state index in [-0.39, 0.29) is 26.1 Å². The second kappa shape index (κ2) is 10.4. The molecule has 0 fully saturated rings. The van der Waals surface area contributed by atoms with E-state index in [2.05, 4.69) is 4.99 Å². The molecule has 0 unspecified atom stereocenters. The number of alkyl halides is 2. The molecule has 24 heavy (non-hydrogen) atoms. The van der Waals surface area contributed by atoms with Crippen molar-refractivity contribution >= 4 is 22.7 Å². The Bertz CT molecular complexity index is 538. The van der Waals surface area contributed by atoms with Crippen LogP contribution in [0.2, 0.25) is 0 Å². The van der Waals surface area contributed by atoms with Gasteiger partial charge in [0.15, 0.2) is 5.17 Å². The molecule has 0 spiro atoms. The normalized spacial score (nSPS) is 13.6. The van der Waals surface area contributed by atoms with Gasteiger partial charge >= 0.3 is 5.97 Å². The van der Waals surface area contributed by atoms with Gasteiger partial charge in [-0.1, -0.05) is 41.9 Å². The summed E-state index contributed by atoms with van der Waals surface area (Å²) in [5.74, 6) is -3.79. The molecule has 4 nitrogen and oxygen atoms in total. The van der Waals surface area contributed by atoms with Gasteiger partial charge in [0.2, 0.25) is 0 Å². The average molecular weight is 362 g/mol. The van der Waals surface area contributed by atoms with Crippen LogP contribution in [0.3, 0.4) is 0 Å². The first-order valence-corrected chi connectivity index (χ1v) is 8.09. The van der Waals surface area contributed by atoms with E-state index in [0.29, 0.717) is 0 Å². The fourth-order valence-corrected chi connectivity index (χ4v) is 2.28. The lowest BCUT2D eigenvalue weighted by Gasteiger charge is -2.18. The van der Waals surface area contributed by atoms with Crippen LogP contribution >= 0.6 is 11.6 Å². The number of rotatable bonds is 10. The maximum Gasteiger partial charge on any atom is 0.305 e. The number of halogens is 3. The van der Waals surface area contributed by atoms with E-state index in [0.717, 1.165) is 5.56 Å². The molecule has 0 saturated carbocycles. The lowest BCUT2D eigenvalue weighted by Crippen LogP contribution is -2.26. The van der Waals surface area contributed by atoms with Gasteiger partial charge in [-0.3, -0.25) is 9.79 Å². The zero-order chi connectivity index (χ0) is 18.0. The molecule has 134 valence electrons. The molecule has 0 heterocycles. The maximum atomic E-state index is 14.1. The van der Waals surface area contributed by atoms with Gasteiger partial charge in [0.25, 0.3) is 5.92 Å². The second-order valence-corrected chi connectivity index (χ2v) is 5.52. The summed E-state index contributed by atoms with van der Waals surface area (Å²) in [4.78, 5) is 15.1. The van der Waals surface area contributed by atoms with E-state index in [9.17, 15) is 13.6 Å². The number of nitrogens with zero attached hydrogens (tertiary/aromatic N) is 1. The first kappa shape index (κ1) is 20.5. The number of ether oxygens (including phenoxy) is 2. The quantitative estimate of drug-likeness (QED) is 0.459. The van der Waals surface area contributed by atoms with Gasteiger partial charge in [0, 0.05) is 20.0 Å². The third-order valence-corrected chi connectivity index (χ3v) is 3.63. The molecule has 1 aromatic rings. The van der Waals surface area contributed by atoms with Crippen LogP contribution in [-0.4, -0.2) is 37.4 Å². The molecule has 1 atom stereocenters. The Morgan fingerprint density at radius 2 is 2.00 bits per heavy atom. The smallest absolute Gasteiger partial charge is 0.305 e. The summed E-state index contributed by atoms with van der Waals surface area (Å²) in [5.41, 5.74) is 0.736. The fourth-order valence-electron chi connectivity index (χ4n) is 2.06. The van der Waals surface area contributed by atoms with Crippen molar-refractivity contribution in [3.63, 3.8) is 0 Å². The standard InChI is InChI=1S/C17H22ClF2NO3/c1-3-24-15(22)10-7-11-17(19,20)16(18)21-14(12-23-2)13-8-5-4-6-9-13/h4-6,8-9,14H,3,7,10-12H2,1-2H3/t14-/m0/s1. The van der Waals surface area contributed by atoms with Crippen molar-refractivity contribution < 1.29 is 23.0 Å². The molecule has 7 heteroatoms. The number of esters is 1. The molecule has 0 N–H and O–H groups in total. The number of hydrogen-bond acceptors (Lipinski definition) is 4. The van der Waals surface area contributed by atoms with Gasteiger partial charge in [-0.05, 0) is 18.9 Å². The monoisotopic (exact) mass is 361 g/mol. The van der Waals surface area contributed by atoms with Gasteiger partial charge < -0.3 is 9.47 Å². The highest BCUT2D eigenvalue weighted by atomic mass is 35.5. The minimum Gasteiger partial charge on any atom is -0.466 e. The summed E-state index contributed by atoms with van der Waals surface area (Å²) in [7, 11) is 1.47. The Morgan fingerprint density at radius 1 is 1.33 bits per heavy atom. The van der Waals surface area contributed by atoms with Gasteiger partial charge in [-0.25, -0.2) is 0 Å². The summed E-state index contributed by atoms with van der Waals surface area (Å²) >= 11 is 5.76. The van der Waals surface area contributed by atoms with Crippen molar-refractivity contribution in [2.45, 2.75) is 38.2 Å². The zero-order valence-corrected chi connectivity index (χ0v) is 14.6. The van der Waals surface area contributed by atoms with Crippen LogP contribution < -0.4 is 0 Å². The highest BCUT2D eigenvalue weighted by molar-refractivity contribution is 6.67. The lowest BCUT2D eigenvalue weighted by molar-refractivity contribution is -0.143. The molecule has 0 radical (unpaired) electrons. The molecule has 0 aromatic heterocycles. The van der Waals surface area contributed by atoms with Gasteiger partial charge in [-0.2, -0.15) is 8.78 Å². The fraction of sp³-hybridized carbons (Fsp3) is 0.529. The van der Waals surface area contributed by atoms with Crippen molar-refractivity contribution in [3.8, 4) is 0 Å². The zero-order valence-electron chi connectivity index (χ0n) is 13.8. The topological polar surface area (TPSA) is 47.9 Å². The summed E-state index contributed by atoms with van der Waals surface area (Å²) < 4.78 is 38.0. The van der Waals surface area contributed by atoms with E-state index in [1.165, 1.54) is 7.11 Å². The Morgan fingerprint density at radius 3 is 2.58 bits per heavy atom. The number of aliphatic imine (C=N–C) groups is 1. The molecule has 0 aliphatic carbocycles. The van der Waals surface area contributed by atoms with Crippen LogP contribution in [0.25, 0.3) is 0 Å². The van der Waals surface area contributed by atoms with Crippen LogP contribution in [0.4, 0.5) is 8.78 Å². The molecule has 1 rings (SSSR count). The largest absolute Gasteiger partial charge is 0.466 e. The highest BCUT2D eigenvalue weighted by Crippen LogP contribution is 2.28. The minimum absolute atomic E-state index is 0.0299. The van der Waals surface area contributed by atoms with E-state index in [4.69, 9.17) is 21.1 Å². The first-order chi connectivity index (χ1) is 11.4. The summed E-state index contributed by atoms with van der Waals surface area (Å²) in [6.45, 7) is 2.03. The minimum atomic E-state index is -3.30. The maximum absolute atomic E-state index is 14.1. The third kappa shape index (κ3) is 6.93. The van der Waals surface area contributed by atoms with Crippen molar-refractivity contribution in [2.24, 2.45) is 4.99 Å². The lowest BCUT2D eigenvalue weighted by atomic mass is 10.1. The van der Waals surface area contributed by atoms with E-state index < -0.39 is 29.5 Å². The SMILES string of the molecule is CCOC(=O)CCCC(F)(F)C(Cl)=N[C@@H](COC)c1ccccc1. The Kier molecular flexibility index (Phi) is 8.85. The third-order valence-electron chi connectivity index (χ3n) is 3.26. The highest BCUT2D eigenvalue weighted by Gasteiger charge is 2.35. The van der Waals surface area contributed by atoms with Gasteiger partial charge in [0.1, 0.15) is 0 Å². The average Bonchev–Trinajstić information content (AvgIpc) is 2.55. The molecule has 0 saturated heterocycles. The Labute approximate surface area is 145 Å². The molecule has 0 aliphatic heterocycles. The van der Waals surface area contributed by atoms with Crippen molar-refractivity contribution in [1.29, 1.82) is 0 Å². The van der Waals surface area contributed by atoms with E-state index in [1.54, 1.807) is 31.2 Å². The second-order valence-electron chi connectivity index (χ2n) is 5.16. The van der Waals surface area contributed by atoms with Crippen LogP contribution in [0.5, 0.6) is 0 Å². The molecule has 0 amide bonds. The van der Waals surface area contributed by atoms with Crippen LogP contribution in [0.1, 0.15) is 37.8 Å². The van der Waals surface area contributed by atoms with Crippen molar-refractivity contribution in [1.82, 2.24) is 0 Å².